The first kappa shape index (κ1) is 15.1. The van der Waals surface area contributed by atoms with Crippen molar-refractivity contribution in [3.63, 3.8) is 0 Å². The molecule has 0 unspecified atom stereocenters. The number of nitrogens with zero attached hydrogens (tertiary/aromatic N) is 1. The van der Waals surface area contributed by atoms with Crippen LogP contribution in [0.4, 0.5) is 0 Å². The zero-order chi connectivity index (χ0) is 14.7. The van der Waals surface area contributed by atoms with Gasteiger partial charge in [-0.3, -0.25) is 4.79 Å². The lowest BCUT2D eigenvalue weighted by Crippen LogP contribution is -2.44. The molecule has 0 spiro atoms. The van der Waals surface area contributed by atoms with Gasteiger partial charge in [-0.1, -0.05) is 42.2 Å². The maximum atomic E-state index is 12.3. The van der Waals surface area contributed by atoms with Gasteiger partial charge in [0.15, 0.2) is 0 Å². The topological polar surface area (TPSA) is 50.7 Å². The van der Waals surface area contributed by atoms with Crippen LogP contribution in [0, 0.1) is 5.92 Å². The van der Waals surface area contributed by atoms with Gasteiger partial charge in [0.05, 0.1) is 22.3 Å². The second-order valence-corrected chi connectivity index (χ2v) is 5.83. The van der Waals surface area contributed by atoms with Gasteiger partial charge in [0.2, 0.25) is 0 Å². The van der Waals surface area contributed by atoms with Gasteiger partial charge >= 0.3 is 0 Å². The molecule has 0 aliphatic carbocycles. The van der Waals surface area contributed by atoms with Crippen LogP contribution in [0.3, 0.4) is 0 Å². The zero-order valence-corrected chi connectivity index (χ0v) is 12.8. The van der Waals surface area contributed by atoms with Crippen LogP contribution >= 0.6 is 23.2 Å². The summed E-state index contributed by atoms with van der Waals surface area (Å²) >= 11 is 11.9. The Bertz CT molecular complexity index is 544. The second-order valence-electron chi connectivity index (χ2n) is 4.99. The monoisotopic (exact) mass is 314 g/mol. The van der Waals surface area contributed by atoms with Gasteiger partial charge in [0.1, 0.15) is 6.61 Å². The molecule has 0 radical (unpaired) electrons. The average molecular weight is 315 g/mol. The normalized spacial score (nSPS) is 15.8. The molecule has 0 bridgehead atoms. The number of oxime groups is 1. The highest BCUT2D eigenvalue weighted by Crippen LogP contribution is 2.21. The molecular formula is C14H16Cl2N2O2. The Morgan fingerprint density at radius 1 is 1.40 bits per heavy atom. The first-order valence-electron chi connectivity index (χ1n) is 6.43. The summed E-state index contributed by atoms with van der Waals surface area (Å²) in [5.41, 5.74) is 1.22. The molecule has 0 saturated carbocycles. The molecule has 2 rings (SSSR count). The van der Waals surface area contributed by atoms with Crippen molar-refractivity contribution in [1.82, 2.24) is 5.32 Å². The molecule has 1 aromatic carbocycles. The summed E-state index contributed by atoms with van der Waals surface area (Å²) in [6.45, 7) is 4.60. The van der Waals surface area contributed by atoms with Gasteiger partial charge in [-0.05, 0) is 24.1 Å². The van der Waals surface area contributed by atoms with E-state index in [0.29, 0.717) is 22.2 Å². The Labute approximate surface area is 128 Å². The van der Waals surface area contributed by atoms with E-state index in [-0.39, 0.29) is 17.9 Å². The Hall–Kier alpha value is -1.26. The predicted octanol–water partition coefficient (Wildman–Crippen LogP) is 3.52. The van der Waals surface area contributed by atoms with E-state index in [1.54, 1.807) is 18.2 Å². The molecule has 0 fully saturated rings. The van der Waals surface area contributed by atoms with Crippen molar-refractivity contribution in [3.8, 4) is 0 Å². The lowest BCUT2D eigenvalue weighted by atomic mass is 9.97. The van der Waals surface area contributed by atoms with E-state index in [2.05, 4.69) is 10.5 Å². The van der Waals surface area contributed by atoms with Crippen LogP contribution in [-0.2, 0) is 4.84 Å². The summed E-state index contributed by atoms with van der Waals surface area (Å²) in [6.07, 6.45) is 0.729. The van der Waals surface area contributed by atoms with Crippen LogP contribution in [0.5, 0.6) is 0 Å². The van der Waals surface area contributed by atoms with E-state index in [1.165, 1.54) is 0 Å². The Morgan fingerprint density at radius 3 is 2.75 bits per heavy atom. The van der Waals surface area contributed by atoms with Gasteiger partial charge in [0, 0.05) is 11.4 Å². The lowest BCUT2D eigenvalue weighted by molar-refractivity contribution is 0.0939. The Kier molecular flexibility index (Phi) is 4.89. The number of carbonyl (C=O) groups excluding carboxylic acids is 1. The number of nitrogens with one attached hydrogen (secondary N) is 1. The number of benzene rings is 1. The molecule has 1 aliphatic heterocycles. The molecule has 6 heteroatoms. The van der Waals surface area contributed by atoms with Gasteiger partial charge < -0.3 is 10.2 Å². The third-order valence-electron chi connectivity index (χ3n) is 3.12. The van der Waals surface area contributed by atoms with Gasteiger partial charge in [-0.15, -0.1) is 0 Å². The largest absolute Gasteiger partial charge is 0.395 e. The Balaban J connectivity index is 2.18. The summed E-state index contributed by atoms with van der Waals surface area (Å²) in [4.78, 5) is 17.3. The SMILES string of the molecule is CC(C)[C@H](NC(=O)c1cc(Cl)ccc1Cl)C1=NOCC1. The van der Waals surface area contributed by atoms with Gasteiger partial charge in [-0.25, -0.2) is 0 Å². The molecular weight excluding hydrogens is 299 g/mol. The van der Waals surface area contributed by atoms with Crippen molar-refractivity contribution < 1.29 is 9.63 Å². The molecule has 1 heterocycles. The van der Waals surface area contributed by atoms with Crippen LogP contribution < -0.4 is 5.32 Å². The summed E-state index contributed by atoms with van der Waals surface area (Å²) < 4.78 is 0. The summed E-state index contributed by atoms with van der Waals surface area (Å²) in [5, 5.41) is 7.79. The fourth-order valence-corrected chi connectivity index (χ4v) is 2.44. The van der Waals surface area contributed by atoms with Crippen LogP contribution in [0.15, 0.2) is 23.4 Å². The molecule has 0 saturated heterocycles. The number of hydrogen-bond acceptors (Lipinski definition) is 3. The van der Waals surface area contributed by atoms with Gasteiger partial charge in [0.25, 0.3) is 5.91 Å². The van der Waals surface area contributed by atoms with Crippen molar-refractivity contribution in [2.75, 3.05) is 6.61 Å². The lowest BCUT2D eigenvalue weighted by Gasteiger charge is -2.21. The van der Waals surface area contributed by atoms with Crippen molar-refractivity contribution in [2.45, 2.75) is 26.3 Å². The first-order valence-corrected chi connectivity index (χ1v) is 7.19. The third kappa shape index (κ3) is 3.44. The molecule has 1 aromatic rings. The maximum Gasteiger partial charge on any atom is 0.253 e. The molecule has 4 nitrogen and oxygen atoms in total. The van der Waals surface area contributed by atoms with Crippen molar-refractivity contribution in [2.24, 2.45) is 11.1 Å². The number of halogens is 2. The highest BCUT2D eigenvalue weighted by molar-refractivity contribution is 6.35. The van der Waals surface area contributed by atoms with Crippen LogP contribution in [0.25, 0.3) is 0 Å². The van der Waals surface area contributed by atoms with Crippen LogP contribution in [0.1, 0.15) is 30.6 Å². The molecule has 20 heavy (non-hydrogen) atoms. The van der Waals surface area contributed by atoms with E-state index in [1.807, 2.05) is 13.8 Å². The Morgan fingerprint density at radius 2 is 2.15 bits per heavy atom. The standard InChI is InChI=1S/C14H16Cl2N2O2/c1-8(2)13(12-5-6-20-18-12)17-14(19)10-7-9(15)3-4-11(10)16/h3-4,7-8,13H,5-6H2,1-2H3,(H,17,19)/t13-/m0/s1. The van der Waals surface area contributed by atoms with Gasteiger partial charge in [-0.2, -0.15) is 0 Å². The average Bonchev–Trinajstić information content (AvgIpc) is 2.91. The van der Waals surface area contributed by atoms with Crippen molar-refractivity contribution >= 4 is 34.8 Å². The van der Waals surface area contributed by atoms with E-state index in [4.69, 9.17) is 28.0 Å². The number of rotatable bonds is 4. The minimum Gasteiger partial charge on any atom is -0.395 e. The fraction of sp³-hybridized carbons (Fsp3) is 0.429. The quantitative estimate of drug-likeness (QED) is 0.924. The smallest absolute Gasteiger partial charge is 0.253 e. The second kappa shape index (κ2) is 6.46. The molecule has 1 N–H and O–H groups in total. The molecule has 108 valence electrons. The third-order valence-corrected chi connectivity index (χ3v) is 3.68. The van der Waals surface area contributed by atoms with E-state index < -0.39 is 0 Å². The van der Waals surface area contributed by atoms with E-state index >= 15 is 0 Å². The highest BCUT2D eigenvalue weighted by Gasteiger charge is 2.26. The predicted molar refractivity (Wildman–Crippen MR) is 80.6 cm³/mol. The van der Waals surface area contributed by atoms with Crippen LogP contribution in [0.2, 0.25) is 10.0 Å². The first-order chi connectivity index (χ1) is 9.49. The number of carbonyl (C=O) groups is 1. The minimum atomic E-state index is -0.259. The summed E-state index contributed by atoms with van der Waals surface area (Å²) in [6, 6.07) is 4.65. The molecule has 1 amide bonds. The minimum absolute atomic E-state index is 0.167. The van der Waals surface area contributed by atoms with E-state index in [0.717, 1.165) is 12.1 Å². The van der Waals surface area contributed by atoms with Crippen molar-refractivity contribution in [1.29, 1.82) is 0 Å². The summed E-state index contributed by atoms with van der Waals surface area (Å²) in [7, 11) is 0. The molecule has 1 atom stereocenters. The van der Waals surface area contributed by atoms with E-state index in [9.17, 15) is 4.79 Å². The molecule has 0 aromatic heterocycles. The van der Waals surface area contributed by atoms with Crippen LogP contribution in [-0.4, -0.2) is 24.3 Å². The summed E-state index contributed by atoms with van der Waals surface area (Å²) in [5.74, 6) is -0.0526. The zero-order valence-electron chi connectivity index (χ0n) is 11.3. The number of amides is 1. The maximum absolute atomic E-state index is 12.3. The molecule has 1 aliphatic rings. The highest BCUT2D eigenvalue weighted by atomic mass is 35.5. The fourth-order valence-electron chi connectivity index (χ4n) is 2.06. The number of hydrogen-bond donors (Lipinski definition) is 1. The van der Waals surface area contributed by atoms with Crippen molar-refractivity contribution in [3.05, 3.63) is 33.8 Å².